The quantitative estimate of drug-likeness (QED) is 0.600. The molecule has 2 nitrogen and oxygen atoms in total. The van der Waals surface area contributed by atoms with Crippen molar-refractivity contribution in [3.05, 3.63) is 0 Å². The molecule has 0 atom stereocenters. The van der Waals surface area contributed by atoms with Crippen LogP contribution in [0.25, 0.3) is 0 Å². The summed E-state index contributed by atoms with van der Waals surface area (Å²) in [5, 5.41) is 2.86. The van der Waals surface area contributed by atoms with Gasteiger partial charge in [0.05, 0.1) is 0 Å². The molecule has 0 aromatic rings. The largest absolute Gasteiger partial charge is 0.356 e. The summed E-state index contributed by atoms with van der Waals surface area (Å²) < 4.78 is 0. The van der Waals surface area contributed by atoms with E-state index >= 15 is 0 Å². The van der Waals surface area contributed by atoms with E-state index in [4.69, 9.17) is 0 Å². The summed E-state index contributed by atoms with van der Waals surface area (Å²) in [6.45, 7) is 2.79. The molecule has 2 heteroatoms. The van der Waals surface area contributed by atoms with Crippen molar-refractivity contribution >= 4 is 5.91 Å². The molecule has 0 aromatic heterocycles. The SMILES string of the molecule is CCC(=O)NCC1CC1. The van der Waals surface area contributed by atoms with E-state index < -0.39 is 0 Å². The zero-order valence-corrected chi connectivity index (χ0v) is 5.81. The molecule has 1 aliphatic rings. The van der Waals surface area contributed by atoms with Gasteiger partial charge < -0.3 is 5.32 Å². The van der Waals surface area contributed by atoms with Crippen molar-refractivity contribution in [2.24, 2.45) is 5.92 Å². The van der Waals surface area contributed by atoms with Crippen LogP contribution < -0.4 is 5.32 Å². The molecule has 0 aromatic carbocycles. The first-order chi connectivity index (χ1) is 4.33. The van der Waals surface area contributed by atoms with Crippen LogP contribution in [0, 0.1) is 5.92 Å². The Hall–Kier alpha value is -0.530. The maximum Gasteiger partial charge on any atom is 0.219 e. The molecule has 0 unspecified atom stereocenters. The van der Waals surface area contributed by atoms with E-state index in [-0.39, 0.29) is 5.91 Å². The monoisotopic (exact) mass is 127 g/mol. The normalized spacial score (nSPS) is 17.4. The summed E-state index contributed by atoms with van der Waals surface area (Å²) in [5.41, 5.74) is 0. The number of nitrogens with one attached hydrogen (secondary N) is 1. The van der Waals surface area contributed by atoms with E-state index in [0.717, 1.165) is 12.5 Å². The van der Waals surface area contributed by atoms with Crippen LogP contribution in [0.15, 0.2) is 0 Å². The Kier molecular flexibility index (Phi) is 2.09. The maximum absolute atomic E-state index is 10.6. The summed E-state index contributed by atoms with van der Waals surface area (Å²) >= 11 is 0. The third kappa shape index (κ3) is 2.49. The van der Waals surface area contributed by atoms with Crippen molar-refractivity contribution in [1.82, 2.24) is 5.32 Å². The van der Waals surface area contributed by atoms with Crippen molar-refractivity contribution in [1.29, 1.82) is 0 Å². The van der Waals surface area contributed by atoms with Crippen molar-refractivity contribution in [3.63, 3.8) is 0 Å². The predicted molar refractivity (Wildman–Crippen MR) is 36.0 cm³/mol. The smallest absolute Gasteiger partial charge is 0.219 e. The van der Waals surface area contributed by atoms with Crippen LogP contribution in [0.1, 0.15) is 26.2 Å². The van der Waals surface area contributed by atoms with Crippen LogP contribution in [-0.2, 0) is 4.79 Å². The summed E-state index contributed by atoms with van der Waals surface area (Å²) in [4.78, 5) is 10.6. The third-order valence-electron chi connectivity index (χ3n) is 1.61. The molecule has 0 aliphatic heterocycles. The number of carbonyl (C=O) groups excluding carboxylic acids is 1. The highest BCUT2D eigenvalue weighted by Crippen LogP contribution is 2.27. The molecule has 0 spiro atoms. The molecule has 1 amide bonds. The van der Waals surface area contributed by atoms with Crippen LogP contribution in [0.3, 0.4) is 0 Å². The van der Waals surface area contributed by atoms with Gasteiger partial charge in [0.2, 0.25) is 5.91 Å². The van der Waals surface area contributed by atoms with Gasteiger partial charge in [-0.2, -0.15) is 0 Å². The minimum absolute atomic E-state index is 0.182. The lowest BCUT2D eigenvalue weighted by atomic mass is 10.4. The van der Waals surface area contributed by atoms with Crippen LogP contribution in [0.4, 0.5) is 0 Å². The highest BCUT2D eigenvalue weighted by molar-refractivity contribution is 5.75. The molecule has 0 heterocycles. The third-order valence-corrected chi connectivity index (χ3v) is 1.61. The van der Waals surface area contributed by atoms with Gasteiger partial charge >= 0.3 is 0 Å². The Bertz CT molecular complexity index is 107. The van der Waals surface area contributed by atoms with Crippen molar-refractivity contribution in [2.45, 2.75) is 26.2 Å². The van der Waals surface area contributed by atoms with Gasteiger partial charge in [0.15, 0.2) is 0 Å². The molecule has 0 bridgehead atoms. The molecule has 52 valence electrons. The summed E-state index contributed by atoms with van der Waals surface area (Å²) in [6.07, 6.45) is 3.24. The summed E-state index contributed by atoms with van der Waals surface area (Å²) in [7, 11) is 0. The fourth-order valence-electron chi connectivity index (χ4n) is 0.705. The van der Waals surface area contributed by atoms with Gasteiger partial charge in [-0.1, -0.05) is 6.92 Å². The molecule has 0 radical (unpaired) electrons. The van der Waals surface area contributed by atoms with Crippen LogP contribution >= 0.6 is 0 Å². The predicted octanol–water partition coefficient (Wildman–Crippen LogP) is 0.923. The Labute approximate surface area is 55.6 Å². The second-order valence-electron chi connectivity index (χ2n) is 2.60. The fraction of sp³-hybridized carbons (Fsp3) is 0.857. The molecule has 1 aliphatic carbocycles. The maximum atomic E-state index is 10.6. The molecule has 0 saturated heterocycles. The van der Waals surface area contributed by atoms with Gasteiger partial charge in [-0.15, -0.1) is 0 Å². The Morgan fingerprint density at radius 2 is 2.33 bits per heavy atom. The Balaban J connectivity index is 1.96. The molecule has 1 fully saturated rings. The van der Waals surface area contributed by atoms with Gasteiger partial charge in [-0.3, -0.25) is 4.79 Å². The highest BCUT2D eigenvalue weighted by Gasteiger charge is 2.20. The number of amides is 1. The van der Waals surface area contributed by atoms with Crippen LogP contribution in [-0.4, -0.2) is 12.5 Å². The van der Waals surface area contributed by atoms with Crippen molar-refractivity contribution in [3.8, 4) is 0 Å². The van der Waals surface area contributed by atoms with E-state index in [1.54, 1.807) is 0 Å². The second-order valence-corrected chi connectivity index (χ2v) is 2.60. The molecule has 1 saturated carbocycles. The average molecular weight is 127 g/mol. The highest BCUT2D eigenvalue weighted by atomic mass is 16.1. The molecular weight excluding hydrogens is 114 g/mol. The van der Waals surface area contributed by atoms with E-state index in [9.17, 15) is 4.79 Å². The van der Waals surface area contributed by atoms with Crippen molar-refractivity contribution < 1.29 is 4.79 Å². The van der Waals surface area contributed by atoms with Gasteiger partial charge in [0.1, 0.15) is 0 Å². The summed E-state index contributed by atoms with van der Waals surface area (Å²) in [5.74, 6) is 0.988. The topological polar surface area (TPSA) is 29.1 Å². The minimum Gasteiger partial charge on any atom is -0.356 e. The van der Waals surface area contributed by atoms with E-state index in [0.29, 0.717) is 6.42 Å². The lowest BCUT2D eigenvalue weighted by Crippen LogP contribution is -2.24. The average Bonchev–Trinajstić information content (AvgIpc) is 2.65. The van der Waals surface area contributed by atoms with Crippen LogP contribution in [0.5, 0.6) is 0 Å². The van der Waals surface area contributed by atoms with Gasteiger partial charge in [0, 0.05) is 13.0 Å². The van der Waals surface area contributed by atoms with Gasteiger partial charge in [0.25, 0.3) is 0 Å². The first-order valence-corrected chi connectivity index (χ1v) is 3.59. The van der Waals surface area contributed by atoms with Gasteiger partial charge in [-0.05, 0) is 18.8 Å². The molecule has 1 N–H and O–H groups in total. The second kappa shape index (κ2) is 2.85. The van der Waals surface area contributed by atoms with Gasteiger partial charge in [-0.25, -0.2) is 0 Å². The van der Waals surface area contributed by atoms with E-state index in [1.807, 2.05) is 6.92 Å². The Morgan fingerprint density at radius 1 is 1.67 bits per heavy atom. The first kappa shape index (κ1) is 6.59. The van der Waals surface area contributed by atoms with Crippen molar-refractivity contribution in [2.75, 3.05) is 6.54 Å². The number of hydrogen-bond donors (Lipinski definition) is 1. The Morgan fingerprint density at radius 3 is 2.78 bits per heavy atom. The lowest BCUT2D eigenvalue weighted by Gasteiger charge is -1.98. The zero-order valence-electron chi connectivity index (χ0n) is 5.81. The first-order valence-electron chi connectivity index (χ1n) is 3.59. The number of hydrogen-bond acceptors (Lipinski definition) is 1. The number of rotatable bonds is 3. The van der Waals surface area contributed by atoms with Crippen LogP contribution in [0.2, 0.25) is 0 Å². The molecular formula is C7H13NO. The standard InChI is InChI=1S/C7H13NO/c1-2-7(9)8-5-6-3-4-6/h6H,2-5H2,1H3,(H,8,9). The minimum atomic E-state index is 0.182. The lowest BCUT2D eigenvalue weighted by molar-refractivity contribution is -0.120. The van der Waals surface area contributed by atoms with E-state index in [2.05, 4.69) is 5.32 Å². The van der Waals surface area contributed by atoms with E-state index in [1.165, 1.54) is 12.8 Å². The molecule has 9 heavy (non-hydrogen) atoms. The zero-order chi connectivity index (χ0) is 6.69. The summed E-state index contributed by atoms with van der Waals surface area (Å²) in [6, 6.07) is 0. The fourth-order valence-corrected chi connectivity index (χ4v) is 0.705. The molecule has 1 rings (SSSR count). The number of carbonyl (C=O) groups is 1.